The van der Waals surface area contributed by atoms with E-state index in [-0.39, 0.29) is 6.10 Å². The van der Waals surface area contributed by atoms with Gasteiger partial charge in [-0.25, -0.2) is 0 Å². The Morgan fingerprint density at radius 2 is 2.19 bits per heavy atom. The Bertz CT molecular complexity index is 299. The van der Waals surface area contributed by atoms with Gasteiger partial charge in [-0.2, -0.15) is 0 Å². The van der Waals surface area contributed by atoms with E-state index in [9.17, 15) is 5.11 Å². The minimum absolute atomic E-state index is 0.351. The number of hydrogen-bond donors (Lipinski definition) is 1. The first kappa shape index (κ1) is 13.0. The Labute approximate surface area is 97.0 Å². The van der Waals surface area contributed by atoms with E-state index in [4.69, 9.17) is 9.47 Å². The third kappa shape index (κ3) is 4.64. The summed E-state index contributed by atoms with van der Waals surface area (Å²) in [5.74, 6) is 0.782. The molecule has 0 aliphatic rings. The van der Waals surface area contributed by atoms with Crippen molar-refractivity contribution >= 4 is 0 Å². The Morgan fingerprint density at radius 1 is 1.38 bits per heavy atom. The molecule has 3 nitrogen and oxygen atoms in total. The summed E-state index contributed by atoms with van der Waals surface area (Å²) < 4.78 is 10.5. The van der Waals surface area contributed by atoms with Crippen LogP contribution in [0.3, 0.4) is 0 Å². The summed E-state index contributed by atoms with van der Waals surface area (Å²) in [5, 5.41) is 9.53. The zero-order chi connectivity index (χ0) is 11.8. The first-order valence-corrected chi connectivity index (χ1v) is 5.65. The topological polar surface area (TPSA) is 38.7 Å². The number of aliphatic hydroxyl groups is 1. The van der Waals surface area contributed by atoms with Gasteiger partial charge in [-0.1, -0.05) is 25.5 Å². The molecular formula is C13H20O3. The number of aliphatic hydroxyl groups excluding tert-OH is 1. The molecule has 0 radical (unpaired) electrons. The molecule has 1 aromatic carbocycles. The van der Waals surface area contributed by atoms with Crippen LogP contribution >= 0.6 is 0 Å². The lowest BCUT2D eigenvalue weighted by atomic mass is 10.2. The third-order valence-electron chi connectivity index (χ3n) is 2.27. The predicted octanol–water partition coefficient (Wildman–Crippen LogP) is 2.37. The van der Waals surface area contributed by atoms with Crippen LogP contribution in [0.5, 0.6) is 5.75 Å². The number of rotatable bonds is 7. The molecule has 1 atom stereocenters. The Morgan fingerprint density at radius 3 is 2.88 bits per heavy atom. The molecule has 1 rings (SSSR count). The van der Waals surface area contributed by atoms with Crippen molar-refractivity contribution in [3.8, 4) is 5.75 Å². The van der Waals surface area contributed by atoms with Gasteiger partial charge in [0.2, 0.25) is 0 Å². The summed E-state index contributed by atoms with van der Waals surface area (Å²) >= 11 is 0. The van der Waals surface area contributed by atoms with Gasteiger partial charge in [-0.3, -0.25) is 0 Å². The van der Waals surface area contributed by atoms with E-state index in [1.165, 1.54) is 0 Å². The number of hydrogen-bond acceptors (Lipinski definition) is 3. The highest BCUT2D eigenvalue weighted by molar-refractivity contribution is 5.28. The molecule has 0 spiro atoms. The van der Waals surface area contributed by atoms with Crippen molar-refractivity contribution in [1.29, 1.82) is 0 Å². The zero-order valence-corrected chi connectivity index (χ0v) is 9.98. The number of benzene rings is 1. The Hall–Kier alpha value is -1.06. The minimum atomic E-state index is -0.379. The second-order valence-corrected chi connectivity index (χ2v) is 3.83. The summed E-state index contributed by atoms with van der Waals surface area (Å²) in [7, 11) is 1.67. The molecule has 0 aliphatic carbocycles. The smallest absolute Gasteiger partial charge is 0.119 e. The average molecular weight is 224 g/mol. The van der Waals surface area contributed by atoms with E-state index in [1.54, 1.807) is 7.11 Å². The van der Waals surface area contributed by atoms with E-state index in [2.05, 4.69) is 0 Å². The van der Waals surface area contributed by atoms with Crippen molar-refractivity contribution in [2.45, 2.75) is 32.5 Å². The van der Waals surface area contributed by atoms with E-state index in [0.29, 0.717) is 13.2 Å². The lowest BCUT2D eigenvalue weighted by Crippen LogP contribution is -2.16. The molecule has 16 heavy (non-hydrogen) atoms. The molecule has 0 heterocycles. The van der Waals surface area contributed by atoms with Crippen LogP contribution in [0.2, 0.25) is 0 Å². The van der Waals surface area contributed by atoms with Gasteiger partial charge in [-0.15, -0.1) is 0 Å². The van der Waals surface area contributed by atoms with Gasteiger partial charge in [0.25, 0.3) is 0 Å². The summed E-state index contributed by atoms with van der Waals surface area (Å²) in [4.78, 5) is 0. The van der Waals surface area contributed by atoms with Crippen molar-refractivity contribution in [2.75, 3.05) is 13.7 Å². The van der Waals surface area contributed by atoms with Gasteiger partial charge in [0.1, 0.15) is 12.4 Å². The van der Waals surface area contributed by atoms with Crippen LogP contribution in [-0.4, -0.2) is 24.9 Å². The fourth-order valence-corrected chi connectivity index (χ4v) is 1.50. The van der Waals surface area contributed by atoms with Crippen molar-refractivity contribution in [3.05, 3.63) is 29.8 Å². The summed E-state index contributed by atoms with van der Waals surface area (Å²) in [6.45, 7) is 2.97. The lowest BCUT2D eigenvalue weighted by Gasteiger charge is -2.12. The van der Waals surface area contributed by atoms with Crippen LogP contribution in [0.25, 0.3) is 0 Å². The van der Waals surface area contributed by atoms with Crippen LogP contribution in [0.1, 0.15) is 25.3 Å². The van der Waals surface area contributed by atoms with Gasteiger partial charge < -0.3 is 14.6 Å². The first-order valence-electron chi connectivity index (χ1n) is 5.65. The monoisotopic (exact) mass is 224 g/mol. The summed E-state index contributed by atoms with van der Waals surface area (Å²) in [5.41, 5.74) is 1.07. The zero-order valence-electron chi connectivity index (χ0n) is 9.98. The minimum Gasteiger partial charge on any atom is -0.491 e. The lowest BCUT2D eigenvalue weighted by molar-refractivity contribution is 0.0991. The molecular weight excluding hydrogens is 204 g/mol. The van der Waals surface area contributed by atoms with Gasteiger partial charge in [0.05, 0.1) is 12.7 Å². The summed E-state index contributed by atoms with van der Waals surface area (Å²) in [6, 6.07) is 7.73. The van der Waals surface area contributed by atoms with E-state index in [0.717, 1.165) is 24.2 Å². The Kier molecular flexibility index (Phi) is 5.90. The second kappa shape index (κ2) is 7.25. The van der Waals surface area contributed by atoms with Crippen LogP contribution in [-0.2, 0) is 11.3 Å². The normalized spacial score (nSPS) is 12.4. The maximum atomic E-state index is 9.53. The molecule has 1 unspecified atom stereocenters. The largest absolute Gasteiger partial charge is 0.491 e. The fourth-order valence-electron chi connectivity index (χ4n) is 1.50. The standard InChI is InChI=1S/C13H20O3/c1-3-5-12(14)10-16-13-7-4-6-11(8-13)9-15-2/h4,6-8,12,14H,3,5,9-10H2,1-2H3. The van der Waals surface area contributed by atoms with E-state index in [1.807, 2.05) is 31.2 Å². The predicted molar refractivity (Wildman–Crippen MR) is 63.6 cm³/mol. The summed E-state index contributed by atoms with van der Waals surface area (Å²) in [6.07, 6.45) is 1.36. The highest BCUT2D eigenvalue weighted by atomic mass is 16.5. The maximum absolute atomic E-state index is 9.53. The van der Waals surface area contributed by atoms with E-state index < -0.39 is 0 Å². The quantitative estimate of drug-likeness (QED) is 0.772. The molecule has 0 saturated carbocycles. The third-order valence-corrected chi connectivity index (χ3v) is 2.27. The van der Waals surface area contributed by atoms with Crippen molar-refractivity contribution in [1.82, 2.24) is 0 Å². The molecule has 0 fully saturated rings. The van der Waals surface area contributed by atoms with Crippen LogP contribution in [0.4, 0.5) is 0 Å². The number of ether oxygens (including phenoxy) is 2. The number of methoxy groups -OCH3 is 1. The van der Waals surface area contributed by atoms with Crippen molar-refractivity contribution < 1.29 is 14.6 Å². The first-order chi connectivity index (χ1) is 7.76. The van der Waals surface area contributed by atoms with Crippen LogP contribution < -0.4 is 4.74 Å². The molecule has 1 N–H and O–H groups in total. The molecule has 0 saturated heterocycles. The van der Waals surface area contributed by atoms with Gasteiger partial charge >= 0.3 is 0 Å². The highest BCUT2D eigenvalue weighted by Crippen LogP contribution is 2.14. The van der Waals surface area contributed by atoms with Crippen molar-refractivity contribution in [3.63, 3.8) is 0 Å². The SMILES string of the molecule is CCCC(O)COc1cccc(COC)c1. The maximum Gasteiger partial charge on any atom is 0.119 e. The van der Waals surface area contributed by atoms with Gasteiger partial charge in [0.15, 0.2) is 0 Å². The Balaban J connectivity index is 2.44. The van der Waals surface area contributed by atoms with Crippen LogP contribution in [0.15, 0.2) is 24.3 Å². The van der Waals surface area contributed by atoms with Crippen LogP contribution in [0, 0.1) is 0 Å². The average Bonchev–Trinajstić information content (AvgIpc) is 2.28. The molecule has 0 bridgehead atoms. The highest BCUT2D eigenvalue weighted by Gasteiger charge is 2.04. The van der Waals surface area contributed by atoms with Gasteiger partial charge in [-0.05, 0) is 24.1 Å². The van der Waals surface area contributed by atoms with E-state index >= 15 is 0 Å². The van der Waals surface area contributed by atoms with Crippen molar-refractivity contribution in [2.24, 2.45) is 0 Å². The molecule has 3 heteroatoms. The molecule has 90 valence electrons. The molecule has 1 aromatic rings. The molecule has 0 amide bonds. The molecule has 0 aromatic heterocycles. The second-order valence-electron chi connectivity index (χ2n) is 3.83. The fraction of sp³-hybridized carbons (Fsp3) is 0.538. The van der Waals surface area contributed by atoms with Gasteiger partial charge in [0, 0.05) is 7.11 Å². The molecule has 0 aliphatic heterocycles.